The van der Waals surface area contributed by atoms with E-state index in [0.29, 0.717) is 12.1 Å². The first kappa shape index (κ1) is 25.5. The second-order valence-electron chi connectivity index (χ2n) is 10.2. The number of carbonyl (C=O) groups is 2. The molecule has 3 aromatic rings. The highest BCUT2D eigenvalue weighted by atomic mass is 32.1. The fourth-order valence-electron chi connectivity index (χ4n) is 6.07. The molecule has 1 aromatic heterocycles. The molecule has 1 fully saturated rings. The Morgan fingerprint density at radius 2 is 1.89 bits per heavy atom. The summed E-state index contributed by atoms with van der Waals surface area (Å²) in [4.78, 5) is 33.2. The molecule has 0 unspecified atom stereocenters. The first-order valence-electron chi connectivity index (χ1n) is 13.6. The number of hydrogen-bond acceptors (Lipinski definition) is 4. The van der Waals surface area contributed by atoms with Crippen LogP contribution in [0.1, 0.15) is 77.3 Å². The van der Waals surface area contributed by atoms with Crippen molar-refractivity contribution >= 4 is 28.8 Å². The quantitative estimate of drug-likeness (QED) is 0.340. The third-order valence-corrected chi connectivity index (χ3v) is 8.81. The summed E-state index contributed by atoms with van der Waals surface area (Å²) >= 11 is 1.64. The highest BCUT2D eigenvalue weighted by Crippen LogP contribution is 2.47. The van der Waals surface area contributed by atoms with Gasteiger partial charge in [0, 0.05) is 41.8 Å². The molecule has 2 aromatic carbocycles. The number of anilines is 1. The molecule has 0 bridgehead atoms. The van der Waals surface area contributed by atoms with Gasteiger partial charge in [-0.3, -0.25) is 9.59 Å². The number of hydrogen-bond donors (Lipinski definition) is 1. The molecule has 194 valence electrons. The van der Waals surface area contributed by atoms with Crippen LogP contribution in [-0.4, -0.2) is 42.4 Å². The maximum atomic E-state index is 13.9. The van der Waals surface area contributed by atoms with Crippen LogP contribution in [0.5, 0.6) is 0 Å². The molecule has 0 spiro atoms. The van der Waals surface area contributed by atoms with E-state index in [1.165, 1.54) is 11.3 Å². The van der Waals surface area contributed by atoms with Gasteiger partial charge in [-0.25, -0.2) is 0 Å². The topological polar surface area (TPSA) is 52.7 Å². The zero-order chi connectivity index (χ0) is 25.8. The van der Waals surface area contributed by atoms with Crippen molar-refractivity contribution in [1.82, 2.24) is 10.2 Å². The third kappa shape index (κ3) is 5.30. The van der Waals surface area contributed by atoms with E-state index in [0.717, 1.165) is 55.6 Å². The van der Waals surface area contributed by atoms with Crippen molar-refractivity contribution in [1.29, 1.82) is 0 Å². The Morgan fingerprint density at radius 3 is 2.62 bits per heavy atom. The Morgan fingerprint density at radius 1 is 1.08 bits per heavy atom. The number of aryl methyl sites for hydroxylation is 1. The van der Waals surface area contributed by atoms with E-state index >= 15 is 0 Å². The molecule has 1 aliphatic heterocycles. The number of rotatable bonds is 9. The van der Waals surface area contributed by atoms with Crippen LogP contribution in [0.3, 0.4) is 0 Å². The van der Waals surface area contributed by atoms with Gasteiger partial charge in [-0.2, -0.15) is 0 Å². The lowest BCUT2D eigenvalue weighted by Gasteiger charge is -2.44. The number of nitrogens with one attached hydrogen (secondary N) is 1. The average molecular weight is 516 g/mol. The van der Waals surface area contributed by atoms with Crippen molar-refractivity contribution < 1.29 is 9.59 Å². The molecule has 5 rings (SSSR count). The maximum absolute atomic E-state index is 13.9. The van der Waals surface area contributed by atoms with E-state index in [4.69, 9.17) is 0 Å². The second kappa shape index (κ2) is 11.5. The SMILES string of the molecule is CCN(CCCNC(=O)[C@H]1c2ccccc2C(=O)N(C2CCCC2)[C@H]1c1cccs1)c1cccc(C)c1. The molecule has 6 heteroatoms. The van der Waals surface area contributed by atoms with E-state index in [1.54, 1.807) is 11.3 Å². The molecule has 1 saturated carbocycles. The summed E-state index contributed by atoms with van der Waals surface area (Å²) in [5, 5.41) is 5.30. The number of nitrogens with zero attached hydrogens (tertiary/aromatic N) is 2. The van der Waals surface area contributed by atoms with Crippen molar-refractivity contribution in [3.63, 3.8) is 0 Å². The lowest BCUT2D eigenvalue weighted by Crippen LogP contribution is -2.50. The Kier molecular flexibility index (Phi) is 7.94. The monoisotopic (exact) mass is 515 g/mol. The minimum atomic E-state index is -0.410. The lowest BCUT2D eigenvalue weighted by molar-refractivity contribution is -0.124. The zero-order valence-electron chi connectivity index (χ0n) is 21.9. The van der Waals surface area contributed by atoms with Crippen molar-refractivity contribution in [2.45, 2.75) is 64.0 Å². The zero-order valence-corrected chi connectivity index (χ0v) is 22.7. The van der Waals surface area contributed by atoms with Crippen LogP contribution in [0.15, 0.2) is 66.0 Å². The molecule has 2 atom stereocenters. The van der Waals surface area contributed by atoms with Crippen LogP contribution in [0.25, 0.3) is 0 Å². The van der Waals surface area contributed by atoms with Gasteiger partial charge in [-0.05, 0) is 73.9 Å². The molecule has 0 saturated heterocycles. The number of fused-ring (bicyclic) bond motifs is 1. The van der Waals surface area contributed by atoms with Crippen LogP contribution >= 0.6 is 11.3 Å². The molecule has 2 heterocycles. The Bertz CT molecular complexity index is 1220. The smallest absolute Gasteiger partial charge is 0.254 e. The van der Waals surface area contributed by atoms with Gasteiger partial charge in [-0.1, -0.05) is 49.2 Å². The molecule has 0 radical (unpaired) electrons. The molecular formula is C31H37N3O2S. The van der Waals surface area contributed by atoms with E-state index in [1.807, 2.05) is 35.7 Å². The summed E-state index contributed by atoms with van der Waals surface area (Å²) in [6, 6.07) is 20.3. The number of benzene rings is 2. The number of amides is 2. The largest absolute Gasteiger partial charge is 0.372 e. The van der Waals surface area contributed by atoms with Crippen LogP contribution < -0.4 is 10.2 Å². The molecule has 2 amide bonds. The predicted octanol–water partition coefficient (Wildman–Crippen LogP) is 6.31. The van der Waals surface area contributed by atoms with E-state index in [-0.39, 0.29) is 23.9 Å². The molecule has 1 aliphatic carbocycles. The Balaban J connectivity index is 1.36. The standard InChI is InChI=1S/C31H37N3O2S/c1-3-33(24-14-8-11-22(2)21-24)19-10-18-32-30(35)28-25-15-6-7-16-26(25)31(36)34(23-12-4-5-13-23)29(28)27-17-9-20-37-27/h6-9,11,14-17,20-21,23,28-29H,3-5,10,12-13,18-19H2,1-2H3,(H,32,35)/t28-,29-/m0/s1. The summed E-state index contributed by atoms with van der Waals surface area (Å²) in [6.07, 6.45) is 5.15. The van der Waals surface area contributed by atoms with Gasteiger partial charge < -0.3 is 15.1 Å². The number of carbonyl (C=O) groups excluding carboxylic acids is 2. The highest BCUT2D eigenvalue weighted by Gasteiger charge is 2.47. The molecule has 2 aliphatic rings. The Hall–Kier alpha value is -3.12. The van der Waals surface area contributed by atoms with Crippen molar-refractivity contribution in [2.75, 3.05) is 24.5 Å². The van der Waals surface area contributed by atoms with Crippen molar-refractivity contribution in [3.05, 3.63) is 87.6 Å². The first-order valence-corrected chi connectivity index (χ1v) is 14.5. The molecule has 5 nitrogen and oxygen atoms in total. The fourth-order valence-corrected chi connectivity index (χ4v) is 6.93. The predicted molar refractivity (Wildman–Crippen MR) is 151 cm³/mol. The molecular weight excluding hydrogens is 478 g/mol. The van der Waals surface area contributed by atoms with Gasteiger partial charge in [0.1, 0.15) is 0 Å². The third-order valence-electron chi connectivity index (χ3n) is 7.86. The highest BCUT2D eigenvalue weighted by molar-refractivity contribution is 7.10. The Labute approximate surface area is 224 Å². The van der Waals surface area contributed by atoms with E-state index in [2.05, 4.69) is 59.3 Å². The second-order valence-corrected chi connectivity index (χ2v) is 11.2. The van der Waals surface area contributed by atoms with Crippen molar-refractivity contribution in [3.8, 4) is 0 Å². The first-order chi connectivity index (χ1) is 18.1. The van der Waals surface area contributed by atoms with E-state index in [9.17, 15) is 9.59 Å². The summed E-state index contributed by atoms with van der Waals surface area (Å²) in [5.74, 6) is -0.325. The average Bonchev–Trinajstić information content (AvgIpc) is 3.63. The van der Waals surface area contributed by atoms with Crippen LogP contribution in [0.4, 0.5) is 5.69 Å². The van der Waals surface area contributed by atoms with Gasteiger partial charge in [0.2, 0.25) is 5.91 Å². The summed E-state index contributed by atoms with van der Waals surface area (Å²) in [7, 11) is 0. The summed E-state index contributed by atoms with van der Waals surface area (Å²) in [5.41, 5.74) is 4.01. The van der Waals surface area contributed by atoms with Gasteiger partial charge in [0.15, 0.2) is 0 Å². The van der Waals surface area contributed by atoms with E-state index < -0.39 is 5.92 Å². The van der Waals surface area contributed by atoms with Crippen LogP contribution in [0.2, 0.25) is 0 Å². The normalized spacial score (nSPS) is 19.6. The maximum Gasteiger partial charge on any atom is 0.254 e. The van der Waals surface area contributed by atoms with Crippen LogP contribution in [-0.2, 0) is 4.79 Å². The van der Waals surface area contributed by atoms with Gasteiger partial charge in [0.25, 0.3) is 5.91 Å². The summed E-state index contributed by atoms with van der Waals surface area (Å²) < 4.78 is 0. The van der Waals surface area contributed by atoms with Gasteiger partial charge in [0.05, 0.1) is 12.0 Å². The molecule has 37 heavy (non-hydrogen) atoms. The molecule has 1 N–H and O–H groups in total. The van der Waals surface area contributed by atoms with Gasteiger partial charge >= 0.3 is 0 Å². The van der Waals surface area contributed by atoms with Gasteiger partial charge in [-0.15, -0.1) is 11.3 Å². The van der Waals surface area contributed by atoms with Crippen molar-refractivity contribution in [2.24, 2.45) is 0 Å². The summed E-state index contributed by atoms with van der Waals surface area (Å²) in [6.45, 7) is 6.69. The fraction of sp³-hybridized carbons (Fsp3) is 0.419. The number of thiophene rings is 1. The minimum Gasteiger partial charge on any atom is -0.372 e. The lowest BCUT2D eigenvalue weighted by atomic mass is 9.80. The minimum absolute atomic E-state index is 0.0138. The van der Waals surface area contributed by atoms with Crippen LogP contribution in [0, 0.1) is 6.92 Å².